The molecule has 0 aliphatic carbocycles. The molecule has 1 rings (SSSR count). The van der Waals surface area contributed by atoms with E-state index in [1.54, 1.807) is 12.1 Å². The molecule has 0 bridgehead atoms. The third kappa shape index (κ3) is 5.49. The summed E-state index contributed by atoms with van der Waals surface area (Å²) >= 11 is 0. The standard InChI is InChI=1S/C17H21NO4/c1-3-4-5-6-9-22-17(20)14(12-18)10-13-7-8-15(19)16(11-13)21-2/h7-8,10-11,19H,3-6,9H2,1-2H3. The lowest BCUT2D eigenvalue weighted by molar-refractivity contribution is -0.138. The molecular weight excluding hydrogens is 282 g/mol. The highest BCUT2D eigenvalue weighted by molar-refractivity contribution is 5.97. The second kappa shape index (κ2) is 9.46. The van der Waals surface area contributed by atoms with Crippen molar-refractivity contribution in [3.63, 3.8) is 0 Å². The van der Waals surface area contributed by atoms with Crippen LogP contribution in [0.1, 0.15) is 38.2 Å². The zero-order chi connectivity index (χ0) is 16.4. The van der Waals surface area contributed by atoms with Crippen LogP contribution >= 0.6 is 0 Å². The SMILES string of the molecule is CCCCCCOC(=O)C(C#N)=Cc1ccc(O)c(OC)c1. The first-order valence-electron chi connectivity index (χ1n) is 7.28. The van der Waals surface area contributed by atoms with Gasteiger partial charge in [-0.1, -0.05) is 32.3 Å². The third-order valence-electron chi connectivity index (χ3n) is 3.09. The lowest BCUT2D eigenvalue weighted by Gasteiger charge is -2.05. The van der Waals surface area contributed by atoms with E-state index < -0.39 is 5.97 Å². The van der Waals surface area contributed by atoms with Crippen molar-refractivity contribution in [2.24, 2.45) is 0 Å². The molecule has 0 atom stereocenters. The number of nitriles is 1. The van der Waals surface area contributed by atoms with E-state index in [4.69, 9.17) is 14.7 Å². The topological polar surface area (TPSA) is 79.6 Å². The molecule has 1 aromatic rings. The van der Waals surface area contributed by atoms with Gasteiger partial charge in [-0.2, -0.15) is 5.26 Å². The molecule has 5 heteroatoms. The van der Waals surface area contributed by atoms with Crippen LogP contribution in [0.2, 0.25) is 0 Å². The summed E-state index contributed by atoms with van der Waals surface area (Å²) in [5, 5.41) is 18.6. The molecule has 1 N–H and O–H groups in total. The molecule has 0 heterocycles. The van der Waals surface area contributed by atoms with Gasteiger partial charge in [0.15, 0.2) is 11.5 Å². The van der Waals surface area contributed by atoms with Gasteiger partial charge in [0.25, 0.3) is 0 Å². The molecule has 0 saturated heterocycles. The first-order valence-corrected chi connectivity index (χ1v) is 7.28. The van der Waals surface area contributed by atoms with Crippen molar-refractivity contribution in [2.45, 2.75) is 32.6 Å². The highest BCUT2D eigenvalue weighted by Crippen LogP contribution is 2.27. The fourth-order valence-electron chi connectivity index (χ4n) is 1.86. The zero-order valence-electron chi connectivity index (χ0n) is 13.0. The molecule has 0 aliphatic heterocycles. The second-order valence-electron chi connectivity index (χ2n) is 4.80. The molecule has 0 unspecified atom stereocenters. The summed E-state index contributed by atoms with van der Waals surface area (Å²) in [6.45, 7) is 2.42. The summed E-state index contributed by atoms with van der Waals surface area (Å²) in [7, 11) is 1.43. The van der Waals surface area contributed by atoms with Gasteiger partial charge in [-0.3, -0.25) is 0 Å². The van der Waals surface area contributed by atoms with Gasteiger partial charge in [-0.05, 0) is 30.2 Å². The first kappa shape index (κ1) is 17.6. The van der Waals surface area contributed by atoms with Crippen molar-refractivity contribution >= 4 is 12.0 Å². The van der Waals surface area contributed by atoms with Crippen LogP contribution in [0, 0.1) is 11.3 Å². The average Bonchev–Trinajstić information content (AvgIpc) is 2.53. The molecule has 0 saturated carbocycles. The lowest BCUT2D eigenvalue weighted by Crippen LogP contribution is -2.08. The Morgan fingerprint density at radius 2 is 2.14 bits per heavy atom. The van der Waals surface area contributed by atoms with Crippen LogP contribution in [-0.4, -0.2) is 24.8 Å². The number of carbonyl (C=O) groups is 1. The van der Waals surface area contributed by atoms with Gasteiger partial charge in [0, 0.05) is 0 Å². The predicted molar refractivity (Wildman–Crippen MR) is 83.3 cm³/mol. The number of hydrogen-bond acceptors (Lipinski definition) is 5. The van der Waals surface area contributed by atoms with Gasteiger partial charge in [0.1, 0.15) is 11.6 Å². The van der Waals surface area contributed by atoms with Crippen molar-refractivity contribution in [2.75, 3.05) is 13.7 Å². The van der Waals surface area contributed by atoms with Gasteiger partial charge in [0.05, 0.1) is 13.7 Å². The number of phenolic OH excluding ortho intramolecular Hbond substituents is 1. The van der Waals surface area contributed by atoms with Crippen LogP contribution in [0.15, 0.2) is 23.8 Å². The van der Waals surface area contributed by atoms with Crippen molar-refractivity contribution in [3.05, 3.63) is 29.3 Å². The van der Waals surface area contributed by atoms with Gasteiger partial charge >= 0.3 is 5.97 Å². The maximum absolute atomic E-state index is 11.8. The fourth-order valence-corrected chi connectivity index (χ4v) is 1.86. The maximum Gasteiger partial charge on any atom is 0.348 e. The third-order valence-corrected chi connectivity index (χ3v) is 3.09. The predicted octanol–water partition coefficient (Wildman–Crippen LogP) is 3.43. The van der Waals surface area contributed by atoms with Crippen LogP contribution in [0.4, 0.5) is 0 Å². The normalized spacial score (nSPS) is 10.9. The molecular formula is C17H21NO4. The number of methoxy groups -OCH3 is 1. The number of hydrogen-bond donors (Lipinski definition) is 1. The minimum absolute atomic E-state index is 0.00309. The number of unbranched alkanes of at least 4 members (excludes halogenated alkanes) is 3. The van der Waals surface area contributed by atoms with E-state index >= 15 is 0 Å². The Morgan fingerprint density at radius 1 is 1.36 bits per heavy atom. The van der Waals surface area contributed by atoms with Gasteiger partial charge < -0.3 is 14.6 Å². The maximum atomic E-state index is 11.8. The minimum Gasteiger partial charge on any atom is -0.504 e. The van der Waals surface area contributed by atoms with Crippen molar-refractivity contribution in [3.8, 4) is 17.6 Å². The molecule has 118 valence electrons. The van der Waals surface area contributed by atoms with Crippen LogP contribution in [-0.2, 0) is 9.53 Å². The Bertz CT molecular complexity index is 573. The number of ether oxygens (including phenoxy) is 2. The Morgan fingerprint density at radius 3 is 2.77 bits per heavy atom. The van der Waals surface area contributed by atoms with E-state index in [9.17, 15) is 9.90 Å². The number of esters is 1. The largest absolute Gasteiger partial charge is 0.504 e. The lowest BCUT2D eigenvalue weighted by atomic mass is 10.1. The van der Waals surface area contributed by atoms with Gasteiger partial charge in [-0.25, -0.2) is 4.79 Å². The monoisotopic (exact) mass is 303 g/mol. The minimum atomic E-state index is -0.633. The van der Waals surface area contributed by atoms with Crippen molar-refractivity contribution < 1.29 is 19.4 Å². The summed E-state index contributed by atoms with van der Waals surface area (Å²) in [6, 6.07) is 6.41. The zero-order valence-corrected chi connectivity index (χ0v) is 13.0. The molecule has 0 aliphatic rings. The number of benzene rings is 1. The van der Waals surface area contributed by atoms with Gasteiger partial charge in [-0.15, -0.1) is 0 Å². The second-order valence-corrected chi connectivity index (χ2v) is 4.80. The molecule has 0 aromatic heterocycles. The Hall–Kier alpha value is -2.48. The summed E-state index contributed by atoms with van der Waals surface area (Å²) in [5.41, 5.74) is 0.498. The average molecular weight is 303 g/mol. The van der Waals surface area contributed by atoms with E-state index in [-0.39, 0.29) is 17.1 Å². The van der Waals surface area contributed by atoms with Crippen LogP contribution in [0.3, 0.4) is 0 Å². The Kier molecular flexibility index (Phi) is 7.55. The van der Waals surface area contributed by atoms with Crippen molar-refractivity contribution in [1.29, 1.82) is 5.26 Å². The summed E-state index contributed by atoms with van der Waals surface area (Å²) in [6.07, 6.45) is 5.43. The summed E-state index contributed by atoms with van der Waals surface area (Å²) in [5.74, 6) is -0.360. The van der Waals surface area contributed by atoms with Gasteiger partial charge in [0.2, 0.25) is 0 Å². The number of aromatic hydroxyl groups is 1. The highest BCUT2D eigenvalue weighted by atomic mass is 16.5. The number of carbonyl (C=O) groups excluding carboxylic acids is 1. The van der Waals surface area contributed by atoms with E-state index in [2.05, 4.69) is 6.92 Å². The number of rotatable bonds is 8. The summed E-state index contributed by atoms with van der Waals surface area (Å²) in [4.78, 5) is 11.8. The molecule has 0 spiro atoms. The quantitative estimate of drug-likeness (QED) is 0.344. The van der Waals surface area contributed by atoms with E-state index in [0.717, 1.165) is 25.7 Å². The van der Waals surface area contributed by atoms with E-state index in [1.165, 1.54) is 19.3 Å². The first-order chi connectivity index (χ1) is 10.6. The summed E-state index contributed by atoms with van der Waals surface area (Å²) < 4.78 is 10.1. The van der Waals surface area contributed by atoms with Crippen LogP contribution in [0.25, 0.3) is 6.08 Å². The van der Waals surface area contributed by atoms with E-state index in [0.29, 0.717) is 12.2 Å². The molecule has 0 fully saturated rings. The van der Waals surface area contributed by atoms with E-state index in [1.807, 2.05) is 6.07 Å². The molecule has 5 nitrogen and oxygen atoms in total. The number of phenols is 1. The Balaban J connectivity index is 2.70. The molecule has 1 aromatic carbocycles. The Labute approximate surface area is 130 Å². The van der Waals surface area contributed by atoms with Crippen molar-refractivity contribution in [1.82, 2.24) is 0 Å². The van der Waals surface area contributed by atoms with Crippen LogP contribution < -0.4 is 4.74 Å². The molecule has 0 amide bonds. The fraction of sp³-hybridized carbons (Fsp3) is 0.412. The molecule has 0 radical (unpaired) electrons. The number of nitrogens with zero attached hydrogens (tertiary/aromatic N) is 1. The highest BCUT2D eigenvalue weighted by Gasteiger charge is 2.11. The van der Waals surface area contributed by atoms with Crippen LogP contribution in [0.5, 0.6) is 11.5 Å². The molecule has 22 heavy (non-hydrogen) atoms. The smallest absolute Gasteiger partial charge is 0.348 e.